The maximum absolute atomic E-state index is 15.1. The Hall–Kier alpha value is -2.74. The van der Waals surface area contributed by atoms with E-state index in [2.05, 4.69) is 15.0 Å². The second-order valence-corrected chi connectivity index (χ2v) is 8.63. The van der Waals surface area contributed by atoms with E-state index in [1.807, 2.05) is 43.2 Å². The highest BCUT2D eigenvalue weighted by atomic mass is 35.5. The van der Waals surface area contributed by atoms with Crippen molar-refractivity contribution in [3.05, 3.63) is 35.0 Å². The lowest BCUT2D eigenvalue weighted by atomic mass is 10.1. The van der Waals surface area contributed by atoms with Crippen molar-refractivity contribution in [2.45, 2.75) is 52.1 Å². The average Bonchev–Trinajstić information content (AvgIpc) is 3.24. The molecule has 7 nitrogen and oxygen atoms in total. The van der Waals surface area contributed by atoms with E-state index in [-0.39, 0.29) is 40.4 Å². The summed E-state index contributed by atoms with van der Waals surface area (Å²) in [6.45, 7) is 8.60. The number of hydrogen-bond acceptors (Lipinski definition) is 5. The molecule has 30 heavy (non-hydrogen) atoms. The van der Waals surface area contributed by atoms with E-state index in [0.29, 0.717) is 29.7 Å². The third kappa shape index (κ3) is 3.39. The van der Waals surface area contributed by atoms with Gasteiger partial charge < -0.3 is 15.2 Å². The Morgan fingerprint density at radius 1 is 1.20 bits per heavy atom. The average molecular weight is 431 g/mol. The van der Waals surface area contributed by atoms with Gasteiger partial charge in [0.1, 0.15) is 11.3 Å². The third-order valence-corrected chi connectivity index (χ3v) is 5.75. The van der Waals surface area contributed by atoms with Crippen LogP contribution in [-0.4, -0.2) is 42.9 Å². The van der Waals surface area contributed by atoms with Crippen LogP contribution in [0.4, 0.5) is 10.3 Å². The van der Waals surface area contributed by atoms with Crippen molar-refractivity contribution < 1.29 is 9.18 Å². The van der Waals surface area contributed by atoms with Crippen LogP contribution in [0.5, 0.6) is 0 Å². The number of halogens is 2. The molecule has 1 saturated heterocycles. The largest absolute Gasteiger partial charge is 0.368 e. The summed E-state index contributed by atoms with van der Waals surface area (Å²) in [5.74, 6) is 0.325. The summed E-state index contributed by atoms with van der Waals surface area (Å²) < 4.78 is 17.1. The number of hydrogen-bond donors (Lipinski definition) is 1. The lowest BCUT2D eigenvalue weighted by Crippen LogP contribution is -2.32. The molecule has 158 valence electrons. The summed E-state index contributed by atoms with van der Waals surface area (Å²) >= 11 is 6.24. The molecule has 1 aliphatic rings. The lowest BCUT2D eigenvalue weighted by molar-refractivity contribution is -0.129. The van der Waals surface area contributed by atoms with Crippen LogP contribution < -0.4 is 5.73 Å². The van der Waals surface area contributed by atoms with Crippen molar-refractivity contribution in [3.63, 3.8) is 0 Å². The molecule has 9 heteroatoms. The first-order valence-electron chi connectivity index (χ1n) is 9.96. The number of rotatable bonds is 4. The van der Waals surface area contributed by atoms with Gasteiger partial charge in [0, 0.05) is 36.5 Å². The zero-order valence-corrected chi connectivity index (χ0v) is 18.1. The number of benzene rings is 1. The van der Waals surface area contributed by atoms with Gasteiger partial charge in [0.15, 0.2) is 5.82 Å². The highest BCUT2D eigenvalue weighted by Gasteiger charge is 2.36. The number of aromatic nitrogens is 4. The third-order valence-electron chi connectivity index (χ3n) is 5.48. The van der Waals surface area contributed by atoms with Gasteiger partial charge >= 0.3 is 0 Å². The predicted molar refractivity (Wildman–Crippen MR) is 115 cm³/mol. The number of likely N-dealkylation sites (tertiary alicyclic amines) is 1. The van der Waals surface area contributed by atoms with Crippen LogP contribution in [0.1, 0.15) is 51.9 Å². The monoisotopic (exact) mass is 430 g/mol. The molecule has 0 radical (unpaired) electrons. The number of amides is 1. The molecular weight excluding hydrogens is 407 g/mol. The summed E-state index contributed by atoms with van der Waals surface area (Å²) in [6.07, 6.45) is 1.77. The van der Waals surface area contributed by atoms with Gasteiger partial charge in [-0.2, -0.15) is 0 Å². The van der Waals surface area contributed by atoms with Gasteiger partial charge in [-0.3, -0.25) is 4.79 Å². The molecule has 3 heterocycles. The molecule has 1 amide bonds. The van der Waals surface area contributed by atoms with Crippen LogP contribution in [0.25, 0.3) is 22.3 Å². The molecule has 2 N–H and O–H groups in total. The molecule has 2 aromatic heterocycles. The Bertz CT molecular complexity index is 1140. The van der Waals surface area contributed by atoms with E-state index in [1.54, 1.807) is 0 Å². The molecule has 0 aliphatic carbocycles. The van der Waals surface area contributed by atoms with Gasteiger partial charge in [0.05, 0.1) is 22.4 Å². The van der Waals surface area contributed by atoms with Crippen molar-refractivity contribution in [1.82, 2.24) is 24.4 Å². The number of carbonyl (C=O) groups is 1. The Morgan fingerprint density at radius 2 is 1.93 bits per heavy atom. The molecular formula is C21H24ClFN6O. The number of anilines is 1. The molecule has 1 atom stereocenters. The molecule has 4 rings (SSSR count). The van der Waals surface area contributed by atoms with E-state index in [1.165, 1.54) is 12.3 Å². The number of nitrogen functional groups attached to an aromatic ring is 1. The predicted octanol–water partition coefficient (Wildman–Crippen LogP) is 4.17. The number of nitrogens with zero attached hydrogens (tertiary/aromatic N) is 5. The molecule has 1 unspecified atom stereocenters. The summed E-state index contributed by atoms with van der Waals surface area (Å²) in [7, 11) is 0. The van der Waals surface area contributed by atoms with Gasteiger partial charge in [-0.05, 0) is 39.8 Å². The highest BCUT2D eigenvalue weighted by molar-refractivity contribution is 6.33. The summed E-state index contributed by atoms with van der Waals surface area (Å²) in [4.78, 5) is 27.0. The zero-order valence-electron chi connectivity index (χ0n) is 17.4. The van der Waals surface area contributed by atoms with Crippen molar-refractivity contribution in [2.75, 3.05) is 12.3 Å². The number of imidazole rings is 1. The fraction of sp³-hybridized carbons (Fsp3) is 0.429. The number of nitrogens with two attached hydrogens (primary N) is 1. The van der Waals surface area contributed by atoms with Gasteiger partial charge in [-0.15, -0.1) is 0 Å². The van der Waals surface area contributed by atoms with E-state index in [9.17, 15) is 4.79 Å². The van der Waals surface area contributed by atoms with E-state index in [4.69, 9.17) is 17.3 Å². The van der Waals surface area contributed by atoms with Crippen molar-refractivity contribution in [2.24, 2.45) is 0 Å². The Morgan fingerprint density at radius 3 is 2.57 bits per heavy atom. The van der Waals surface area contributed by atoms with E-state index in [0.717, 1.165) is 5.82 Å². The fourth-order valence-corrected chi connectivity index (χ4v) is 4.33. The summed E-state index contributed by atoms with van der Waals surface area (Å²) in [5.41, 5.74) is 7.48. The summed E-state index contributed by atoms with van der Waals surface area (Å²) in [5, 5.41) is 0.285. The van der Waals surface area contributed by atoms with Crippen LogP contribution in [0, 0.1) is 5.82 Å². The molecule has 0 bridgehead atoms. The molecule has 0 saturated carbocycles. The minimum atomic E-state index is -0.471. The highest BCUT2D eigenvalue weighted by Crippen LogP contribution is 2.36. The van der Waals surface area contributed by atoms with Gasteiger partial charge in [0.25, 0.3) is 0 Å². The first kappa shape index (κ1) is 20.5. The van der Waals surface area contributed by atoms with E-state index < -0.39 is 5.82 Å². The zero-order chi connectivity index (χ0) is 21.7. The van der Waals surface area contributed by atoms with Gasteiger partial charge in [0.2, 0.25) is 11.9 Å². The SMILES string of the molecule is CC(C)N1CC(c2nc3c(F)cc(-c4nc(N)ncc4Cl)cc3n2C(C)C)CC1=O. The summed E-state index contributed by atoms with van der Waals surface area (Å²) in [6, 6.07) is 3.32. The van der Waals surface area contributed by atoms with Crippen LogP contribution >= 0.6 is 11.6 Å². The minimum Gasteiger partial charge on any atom is -0.368 e. The molecule has 1 fully saturated rings. The lowest BCUT2D eigenvalue weighted by Gasteiger charge is -2.21. The molecule has 1 aliphatic heterocycles. The standard InChI is InChI=1S/C21H24ClFN6O/c1-10(2)28-9-13(7-17(28)30)20-26-19-15(23)5-12(6-16(19)29(20)11(3)4)18-14(22)8-25-21(24)27-18/h5-6,8,10-11,13H,7,9H2,1-4H3,(H2,24,25,27). The smallest absolute Gasteiger partial charge is 0.223 e. The first-order valence-corrected chi connectivity index (χ1v) is 10.3. The Balaban J connectivity index is 1.88. The quantitative estimate of drug-likeness (QED) is 0.670. The normalized spacial score (nSPS) is 17.1. The first-order chi connectivity index (χ1) is 14.2. The molecule has 3 aromatic rings. The molecule has 1 aromatic carbocycles. The van der Waals surface area contributed by atoms with Crippen LogP contribution in [0.2, 0.25) is 5.02 Å². The Labute approximate surface area is 179 Å². The maximum Gasteiger partial charge on any atom is 0.223 e. The topological polar surface area (TPSA) is 89.9 Å². The maximum atomic E-state index is 15.1. The second kappa shape index (κ2) is 7.50. The van der Waals surface area contributed by atoms with Gasteiger partial charge in [-0.1, -0.05) is 11.6 Å². The van der Waals surface area contributed by atoms with Crippen molar-refractivity contribution in [3.8, 4) is 11.3 Å². The van der Waals surface area contributed by atoms with Crippen LogP contribution in [0.3, 0.4) is 0 Å². The number of carbonyl (C=O) groups excluding carboxylic acids is 1. The minimum absolute atomic E-state index is 0.0220. The van der Waals surface area contributed by atoms with Crippen molar-refractivity contribution in [1.29, 1.82) is 0 Å². The van der Waals surface area contributed by atoms with Crippen LogP contribution in [0.15, 0.2) is 18.3 Å². The van der Waals surface area contributed by atoms with E-state index >= 15 is 4.39 Å². The number of fused-ring (bicyclic) bond motifs is 1. The second-order valence-electron chi connectivity index (χ2n) is 8.23. The van der Waals surface area contributed by atoms with Gasteiger partial charge in [-0.25, -0.2) is 19.3 Å². The molecule has 0 spiro atoms. The van der Waals surface area contributed by atoms with Crippen LogP contribution in [-0.2, 0) is 4.79 Å². The fourth-order valence-electron chi connectivity index (χ4n) is 4.12. The Kier molecular flexibility index (Phi) is 5.13. The van der Waals surface area contributed by atoms with Crippen molar-refractivity contribution >= 4 is 34.5 Å².